The summed E-state index contributed by atoms with van der Waals surface area (Å²) < 4.78 is 7.92. The van der Waals surface area contributed by atoms with Crippen molar-refractivity contribution in [3.05, 3.63) is 166 Å². The van der Waals surface area contributed by atoms with Crippen molar-refractivity contribution >= 4 is 34.4 Å². The molecule has 11 nitrogen and oxygen atoms in total. The van der Waals surface area contributed by atoms with E-state index in [2.05, 4.69) is 107 Å². The van der Waals surface area contributed by atoms with Gasteiger partial charge in [-0.05, 0) is 136 Å². The highest BCUT2D eigenvalue weighted by Crippen LogP contribution is 2.39. The summed E-state index contributed by atoms with van der Waals surface area (Å²) in [5, 5.41) is 14.3. The first-order valence-corrected chi connectivity index (χ1v) is 24.7. The van der Waals surface area contributed by atoms with Crippen LogP contribution in [0.2, 0.25) is 0 Å². The first-order valence-electron chi connectivity index (χ1n) is 24.7. The minimum absolute atomic E-state index is 0.00766. The van der Waals surface area contributed by atoms with Gasteiger partial charge in [-0.3, -0.25) is 19.3 Å². The Bertz CT molecular complexity index is 2630. The molecular formula is C58H71N5O6. The monoisotopic (exact) mass is 934 g/mol. The van der Waals surface area contributed by atoms with Crippen LogP contribution in [0.15, 0.2) is 132 Å². The number of piperazine rings is 1. The molecule has 1 saturated heterocycles. The molecule has 1 aromatic heterocycles. The van der Waals surface area contributed by atoms with Crippen LogP contribution in [0.3, 0.4) is 0 Å². The van der Waals surface area contributed by atoms with Gasteiger partial charge >= 0.3 is 12.1 Å². The van der Waals surface area contributed by atoms with E-state index in [0.29, 0.717) is 69.8 Å². The number of rotatable bonds is 24. The summed E-state index contributed by atoms with van der Waals surface area (Å²) >= 11 is 0. The van der Waals surface area contributed by atoms with Gasteiger partial charge in [-0.1, -0.05) is 105 Å². The molecule has 0 saturated carbocycles. The van der Waals surface area contributed by atoms with Crippen LogP contribution in [-0.4, -0.2) is 82.6 Å². The number of carboxylic acids is 1. The van der Waals surface area contributed by atoms with Gasteiger partial charge in [0.15, 0.2) is 0 Å². The van der Waals surface area contributed by atoms with E-state index >= 15 is 0 Å². The fourth-order valence-electron chi connectivity index (χ4n) is 8.78. The first-order chi connectivity index (χ1) is 33.5. The molecule has 1 fully saturated rings. The third kappa shape index (κ3) is 15.5. The van der Waals surface area contributed by atoms with E-state index in [1.54, 1.807) is 9.47 Å². The van der Waals surface area contributed by atoms with Gasteiger partial charge in [0.25, 0.3) is 5.56 Å². The quantitative estimate of drug-likeness (QED) is 0.0586. The smallest absolute Gasteiger partial charge is 0.415 e. The molecule has 2 aliphatic rings. The number of aliphatic carboxylic acids is 1. The zero-order valence-corrected chi connectivity index (χ0v) is 41.1. The number of carbonyl (C=O) groups excluding carboxylic acids is 2. The maximum absolute atomic E-state index is 13.7. The van der Waals surface area contributed by atoms with Crippen LogP contribution < -0.4 is 15.6 Å². The Balaban J connectivity index is 0.919. The maximum Gasteiger partial charge on any atom is 0.415 e. The van der Waals surface area contributed by atoms with E-state index < -0.39 is 5.97 Å². The predicted molar refractivity (Wildman–Crippen MR) is 281 cm³/mol. The Labute approximate surface area is 408 Å². The van der Waals surface area contributed by atoms with E-state index in [1.165, 1.54) is 0 Å². The molecule has 3 aromatic carbocycles. The third-order valence-electron chi connectivity index (χ3n) is 12.5. The van der Waals surface area contributed by atoms with Crippen LogP contribution in [0.4, 0.5) is 10.5 Å². The molecule has 11 heteroatoms. The normalized spacial score (nSPS) is 14.2. The number of anilines is 1. The lowest BCUT2D eigenvalue weighted by Gasteiger charge is -2.34. The molecule has 4 aromatic rings. The molecule has 69 heavy (non-hydrogen) atoms. The summed E-state index contributed by atoms with van der Waals surface area (Å²) in [7, 11) is 3.97. The van der Waals surface area contributed by atoms with E-state index in [1.807, 2.05) is 63.5 Å². The predicted octanol–water partition coefficient (Wildman–Crippen LogP) is 11.4. The highest BCUT2D eigenvalue weighted by Gasteiger charge is 2.27. The van der Waals surface area contributed by atoms with Crippen molar-refractivity contribution in [2.75, 3.05) is 45.6 Å². The number of amides is 2. The number of hydrogen-bond acceptors (Lipinski definition) is 7. The van der Waals surface area contributed by atoms with Gasteiger partial charge in [-0.15, -0.1) is 0 Å². The molecule has 0 spiro atoms. The molecule has 6 rings (SSSR count). The van der Waals surface area contributed by atoms with Crippen molar-refractivity contribution in [3.63, 3.8) is 0 Å². The summed E-state index contributed by atoms with van der Waals surface area (Å²) in [6.07, 6.45) is 33.4. The van der Waals surface area contributed by atoms with Crippen molar-refractivity contribution < 1.29 is 24.2 Å². The summed E-state index contributed by atoms with van der Waals surface area (Å²) in [4.78, 5) is 57.5. The second kappa shape index (κ2) is 26.8. The van der Waals surface area contributed by atoms with Crippen LogP contribution >= 0.6 is 0 Å². The van der Waals surface area contributed by atoms with Gasteiger partial charge in [-0.25, -0.2) is 4.79 Å². The fourth-order valence-corrected chi connectivity index (χ4v) is 8.78. The molecule has 0 aliphatic carbocycles. The largest absolute Gasteiger partial charge is 0.481 e. The number of fused-ring (bicyclic) bond motifs is 4. The number of aryl methyl sites for hydroxylation is 1. The molecule has 2 amide bonds. The number of carboxylic acid groups (broad SMARTS) is 1. The Morgan fingerprint density at radius 2 is 1.36 bits per heavy atom. The number of nitrogens with one attached hydrogen (secondary N) is 1. The number of benzene rings is 3. The second-order valence-corrected chi connectivity index (χ2v) is 18.0. The number of ether oxygens (including phenoxy) is 1. The summed E-state index contributed by atoms with van der Waals surface area (Å²) in [6.45, 7) is 8.30. The average molecular weight is 934 g/mol. The lowest BCUT2D eigenvalue weighted by molar-refractivity contribution is -0.137. The molecule has 0 unspecified atom stereocenters. The van der Waals surface area contributed by atoms with Crippen LogP contribution in [0.5, 0.6) is 5.75 Å². The Hall–Kier alpha value is -6.56. The van der Waals surface area contributed by atoms with Crippen molar-refractivity contribution in [1.82, 2.24) is 19.3 Å². The van der Waals surface area contributed by atoms with E-state index in [0.717, 1.165) is 95.0 Å². The number of hydrogen-bond donors (Lipinski definition) is 2. The Kier molecular flexibility index (Phi) is 20.2. The lowest BCUT2D eigenvalue weighted by Crippen LogP contribution is -2.49. The van der Waals surface area contributed by atoms with Gasteiger partial charge in [0.1, 0.15) is 5.75 Å². The van der Waals surface area contributed by atoms with E-state index in [9.17, 15) is 24.3 Å². The zero-order valence-electron chi connectivity index (χ0n) is 41.1. The third-order valence-corrected chi connectivity index (χ3v) is 12.5. The molecular weight excluding hydrogens is 863 g/mol. The van der Waals surface area contributed by atoms with Crippen molar-refractivity contribution in [2.45, 2.75) is 104 Å². The van der Waals surface area contributed by atoms with E-state index in [4.69, 9.17) is 4.74 Å². The first kappa shape index (κ1) is 51.8. The SMILES string of the molecule is CC/C=C\C/C=C\C/C=C\C/C=C\C/C=C\C/C=C\CCC(=O)Nc1ccc(CN2CCN(C(=O)Oc3ccc4cc5c(cc4c3CN(C)C)Cn3c-5cc(CC)c(CCC(=O)O)c3=O)CC2)cc1. The Morgan fingerprint density at radius 3 is 1.96 bits per heavy atom. The Morgan fingerprint density at radius 1 is 0.739 bits per heavy atom. The highest BCUT2D eigenvalue weighted by molar-refractivity contribution is 5.94. The standard InChI is InChI=1S/C58H71N5O6/c1-5-7-8-9-10-11-12-13-14-15-16-17-18-19-20-21-22-23-24-25-55(64)59-48-29-26-44(27-30-48)41-61-34-36-62(37-35-61)58(68)69-54-32-28-46-38-51-47(39-50(46)52(54)43-60(3)4)42-63-53(51)40-45(6-2)49(57(63)67)31-33-56(65)66/h7-8,10-11,13-14,16-17,19-20,22-23,26-30,32,38-40H,5-6,9,12,15,18,21,24-25,31,33-37,41-43H2,1-4H3,(H,59,64)(H,65,66)/b8-7-,11-10-,14-13-,17-16-,20-19-,23-22-. The number of aromatic nitrogens is 1. The lowest BCUT2D eigenvalue weighted by atomic mass is 9.95. The maximum atomic E-state index is 13.7. The molecule has 2 aliphatic heterocycles. The number of pyridine rings is 1. The van der Waals surface area contributed by atoms with Crippen LogP contribution in [0.1, 0.15) is 99.5 Å². The topological polar surface area (TPSA) is 124 Å². The van der Waals surface area contributed by atoms with Crippen LogP contribution in [-0.2, 0) is 42.1 Å². The van der Waals surface area contributed by atoms with Crippen molar-refractivity contribution in [2.24, 2.45) is 0 Å². The fraction of sp³-hybridized carbons (Fsp3) is 0.379. The molecule has 364 valence electrons. The van der Waals surface area contributed by atoms with Gasteiger partial charge < -0.3 is 29.5 Å². The second-order valence-electron chi connectivity index (χ2n) is 18.0. The minimum atomic E-state index is -0.921. The number of nitrogens with zero attached hydrogens (tertiary/aromatic N) is 4. The van der Waals surface area contributed by atoms with Crippen molar-refractivity contribution in [3.8, 4) is 17.0 Å². The van der Waals surface area contributed by atoms with Gasteiger partial charge in [0.2, 0.25) is 5.91 Å². The summed E-state index contributed by atoms with van der Waals surface area (Å²) in [5.74, 6) is -0.414. The summed E-state index contributed by atoms with van der Waals surface area (Å²) in [6, 6.07) is 18.1. The minimum Gasteiger partial charge on any atom is -0.481 e. The molecule has 0 radical (unpaired) electrons. The van der Waals surface area contributed by atoms with Crippen LogP contribution in [0.25, 0.3) is 22.0 Å². The molecule has 3 heterocycles. The molecule has 2 N–H and O–H groups in total. The van der Waals surface area contributed by atoms with E-state index in [-0.39, 0.29) is 30.4 Å². The average Bonchev–Trinajstić information content (AvgIpc) is 3.70. The van der Waals surface area contributed by atoms with Crippen molar-refractivity contribution in [1.29, 1.82) is 0 Å². The zero-order chi connectivity index (χ0) is 49.0. The highest BCUT2D eigenvalue weighted by atomic mass is 16.6. The van der Waals surface area contributed by atoms with Gasteiger partial charge in [-0.2, -0.15) is 0 Å². The van der Waals surface area contributed by atoms with Gasteiger partial charge in [0, 0.05) is 74.5 Å². The summed E-state index contributed by atoms with van der Waals surface area (Å²) in [5.41, 5.74) is 6.99. The number of carbonyl (C=O) groups is 3. The number of allylic oxidation sites excluding steroid dienone is 12. The van der Waals surface area contributed by atoms with Gasteiger partial charge in [0.05, 0.1) is 12.2 Å². The molecule has 0 atom stereocenters. The molecule has 0 bridgehead atoms. The van der Waals surface area contributed by atoms with Crippen LogP contribution in [0, 0.1) is 0 Å².